The fourth-order valence-electron chi connectivity index (χ4n) is 1.66. The topological polar surface area (TPSA) is 38.9 Å². The van der Waals surface area contributed by atoms with Crippen molar-refractivity contribution in [2.45, 2.75) is 12.5 Å². The van der Waals surface area contributed by atoms with Gasteiger partial charge >= 0.3 is 0 Å². The highest BCUT2D eigenvalue weighted by atomic mass is 127. The molecule has 0 aliphatic rings. The van der Waals surface area contributed by atoms with Crippen molar-refractivity contribution in [2.24, 2.45) is 5.73 Å². The highest BCUT2D eigenvalue weighted by Gasteiger charge is 2.09. The van der Waals surface area contributed by atoms with E-state index in [4.69, 9.17) is 5.73 Å². The van der Waals surface area contributed by atoms with Gasteiger partial charge in [-0.1, -0.05) is 18.2 Å². The number of nitrogens with zero attached hydrogens (tertiary/aromatic N) is 1. The highest BCUT2D eigenvalue weighted by molar-refractivity contribution is 14.1. The number of benzene rings is 1. The van der Waals surface area contributed by atoms with Crippen molar-refractivity contribution in [3.05, 3.63) is 63.5 Å². The third-order valence-corrected chi connectivity index (χ3v) is 3.49. The van der Waals surface area contributed by atoms with Crippen LogP contribution in [0.3, 0.4) is 0 Å². The van der Waals surface area contributed by atoms with E-state index in [9.17, 15) is 0 Å². The van der Waals surface area contributed by atoms with Crippen LogP contribution in [0.25, 0.3) is 0 Å². The fraction of sp³-hybridized carbons (Fsp3) is 0.154. The zero-order valence-corrected chi connectivity index (χ0v) is 11.0. The van der Waals surface area contributed by atoms with Crippen LogP contribution in [0.4, 0.5) is 0 Å². The summed E-state index contributed by atoms with van der Waals surface area (Å²) in [5.41, 5.74) is 8.64. The van der Waals surface area contributed by atoms with Crippen LogP contribution in [0.1, 0.15) is 17.2 Å². The van der Waals surface area contributed by atoms with E-state index < -0.39 is 0 Å². The first-order valence-corrected chi connectivity index (χ1v) is 6.24. The molecule has 1 atom stereocenters. The lowest BCUT2D eigenvalue weighted by atomic mass is 10.0. The van der Waals surface area contributed by atoms with Gasteiger partial charge in [-0.05, 0) is 58.3 Å². The van der Waals surface area contributed by atoms with Crippen molar-refractivity contribution in [3.63, 3.8) is 0 Å². The summed E-state index contributed by atoms with van der Waals surface area (Å²) in [6, 6.07) is 12.3. The quantitative estimate of drug-likeness (QED) is 0.882. The largest absolute Gasteiger partial charge is 0.324 e. The van der Waals surface area contributed by atoms with Crippen LogP contribution in [-0.2, 0) is 6.42 Å². The second-order valence-corrected chi connectivity index (χ2v) is 4.85. The van der Waals surface area contributed by atoms with Gasteiger partial charge in [0.1, 0.15) is 0 Å². The van der Waals surface area contributed by atoms with Crippen molar-refractivity contribution in [3.8, 4) is 0 Å². The molecule has 0 saturated carbocycles. The number of pyridine rings is 1. The summed E-state index contributed by atoms with van der Waals surface area (Å²) in [6.45, 7) is 0. The minimum Gasteiger partial charge on any atom is -0.324 e. The Morgan fingerprint density at radius 1 is 1.12 bits per heavy atom. The lowest BCUT2D eigenvalue weighted by molar-refractivity contribution is 0.717. The van der Waals surface area contributed by atoms with Crippen LogP contribution in [0.2, 0.25) is 0 Å². The number of halogens is 1. The van der Waals surface area contributed by atoms with Gasteiger partial charge < -0.3 is 5.73 Å². The monoisotopic (exact) mass is 324 g/mol. The summed E-state index contributed by atoms with van der Waals surface area (Å²) in [6.07, 6.45) is 4.46. The Balaban J connectivity index is 2.15. The number of nitrogens with two attached hydrogens (primary N) is 1. The number of aromatic nitrogens is 1. The summed E-state index contributed by atoms with van der Waals surface area (Å²) in [5.74, 6) is 0. The Kier molecular flexibility index (Phi) is 3.90. The number of hydrogen-bond acceptors (Lipinski definition) is 2. The fourth-order valence-corrected chi connectivity index (χ4v) is 2.45. The lowest BCUT2D eigenvalue weighted by Crippen LogP contribution is -2.14. The van der Waals surface area contributed by atoms with Gasteiger partial charge in [0.2, 0.25) is 0 Å². The van der Waals surface area contributed by atoms with Crippen molar-refractivity contribution >= 4 is 22.6 Å². The lowest BCUT2D eigenvalue weighted by Gasteiger charge is -2.13. The molecule has 0 spiro atoms. The van der Waals surface area contributed by atoms with Gasteiger partial charge in [0.05, 0.1) is 0 Å². The van der Waals surface area contributed by atoms with E-state index in [1.165, 1.54) is 14.7 Å². The van der Waals surface area contributed by atoms with Gasteiger partial charge in [-0.15, -0.1) is 0 Å². The molecular formula is C13H13IN2. The Bertz CT molecular complexity index is 456. The first-order chi connectivity index (χ1) is 7.77. The molecule has 0 amide bonds. The minimum atomic E-state index is 0.0514. The molecule has 0 aliphatic carbocycles. The standard InChI is InChI=1S/C13H13IN2/c14-12-4-2-1-3-11(12)13(15)9-10-5-7-16-8-6-10/h1-8,13H,9,15H2. The maximum Gasteiger partial charge on any atom is 0.0346 e. The Morgan fingerprint density at radius 3 is 2.50 bits per heavy atom. The summed E-state index contributed by atoms with van der Waals surface area (Å²) in [4.78, 5) is 4.00. The van der Waals surface area contributed by atoms with E-state index in [0.29, 0.717) is 0 Å². The van der Waals surface area contributed by atoms with Crippen LogP contribution in [0, 0.1) is 3.57 Å². The zero-order valence-electron chi connectivity index (χ0n) is 8.81. The molecule has 82 valence electrons. The first-order valence-electron chi connectivity index (χ1n) is 5.16. The molecule has 2 N–H and O–H groups in total. The maximum absolute atomic E-state index is 6.20. The minimum absolute atomic E-state index is 0.0514. The highest BCUT2D eigenvalue weighted by Crippen LogP contribution is 2.20. The molecule has 2 nitrogen and oxygen atoms in total. The SMILES string of the molecule is NC(Cc1ccncc1)c1ccccc1I. The summed E-state index contributed by atoms with van der Waals surface area (Å²) < 4.78 is 1.22. The average Bonchev–Trinajstić information content (AvgIpc) is 2.31. The third kappa shape index (κ3) is 2.80. The van der Waals surface area contributed by atoms with Crippen molar-refractivity contribution in [1.29, 1.82) is 0 Å². The van der Waals surface area contributed by atoms with E-state index in [2.05, 4.69) is 39.7 Å². The Labute approximate surface area is 109 Å². The molecule has 1 aromatic carbocycles. The molecule has 0 fully saturated rings. The zero-order chi connectivity index (χ0) is 11.4. The summed E-state index contributed by atoms with van der Waals surface area (Å²) in [7, 11) is 0. The second-order valence-electron chi connectivity index (χ2n) is 3.69. The van der Waals surface area contributed by atoms with Gasteiger partial charge in [0, 0.05) is 22.0 Å². The average molecular weight is 324 g/mol. The van der Waals surface area contributed by atoms with Crippen LogP contribution in [-0.4, -0.2) is 4.98 Å². The first kappa shape index (κ1) is 11.5. The maximum atomic E-state index is 6.20. The smallest absolute Gasteiger partial charge is 0.0346 e. The molecular weight excluding hydrogens is 311 g/mol. The molecule has 0 saturated heterocycles. The normalized spacial score (nSPS) is 12.4. The van der Waals surface area contributed by atoms with E-state index >= 15 is 0 Å². The Morgan fingerprint density at radius 2 is 1.81 bits per heavy atom. The molecule has 2 aromatic rings. The molecule has 3 heteroatoms. The molecule has 1 unspecified atom stereocenters. The van der Waals surface area contributed by atoms with Gasteiger partial charge in [-0.25, -0.2) is 0 Å². The molecule has 2 rings (SSSR count). The van der Waals surface area contributed by atoms with Gasteiger partial charge in [0.15, 0.2) is 0 Å². The van der Waals surface area contributed by atoms with Crippen molar-refractivity contribution in [2.75, 3.05) is 0 Å². The van der Waals surface area contributed by atoms with Crippen LogP contribution in [0.15, 0.2) is 48.8 Å². The van der Waals surface area contributed by atoms with Gasteiger partial charge in [0.25, 0.3) is 0 Å². The van der Waals surface area contributed by atoms with Crippen molar-refractivity contribution in [1.82, 2.24) is 4.98 Å². The van der Waals surface area contributed by atoms with Crippen molar-refractivity contribution < 1.29 is 0 Å². The van der Waals surface area contributed by atoms with Crippen LogP contribution < -0.4 is 5.73 Å². The summed E-state index contributed by atoms with van der Waals surface area (Å²) in [5, 5.41) is 0. The van der Waals surface area contributed by atoms with Crippen LogP contribution in [0.5, 0.6) is 0 Å². The van der Waals surface area contributed by atoms with E-state index in [-0.39, 0.29) is 6.04 Å². The Hall–Kier alpha value is -0.940. The molecule has 1 heterocycles. The van der Waals surface area contributed by atoms with Gasteiger partial charge in [-0.3, -0.25) is 4.98 Å². The van der Waals surface area contributed by atoms with E-state index in [1.54, 1.807) is 12.4 Å². The predicted molar refractivity (Wildman–Crippen MR) is 74.0 cm³/mol. The molecule has 0 bridgehead atoms. The second kappa shape index (κ2) is 5.41. The van der Waals surface area contributed by atoms with E-state index in [1.807, 2.05) is 24.3 Å². The molecule has 0 radical (unpaired) electrons. The number of rotatable bonds is 3. The summed E-state index contributed by atoms with van der Waals surface area (Å²) >= 11 is 2.33. The van der Waals surface area contributed by atoms with Crippen LogP contribution >= 0.6 is 22.6 Å². The molecule has 1 aromatic heterocycles. The molecule has 0 aliphatic heterocycles. The molecule has 16 heavy (non-hydrogen) atoms. The van der Waals surface area contributed by atoms with Gasteiger partial charge in [-0.2, -0.15) is 0 Å². The third-order valence-electron chi connectivity index (χ3n) is 2.51. The van der Waals surface area contributed by atoms with E-state index in [0.717, 1.165) is 6.42 Å². The predicted octanol–water partition coefficient (Wildman–Crippen LogP) is 2.93. The number of hydrogen-bond donors (Lipinski definition) is 1.